The van der Waals surface area contributed by atoms with Gasteiger partial charge < -0.3 is 10.0 Å². The molecular weight excluding hydrogens is 284 g/mol. The smallest absolute Gasteiger partial charge is 0.323 e. The van der Waals surface area contributed by atoms with Crippen molar-refractivity contribution in [3.05, 3.63) is 46.4 Å². The Morgan fingerprint density at radius 1 is 1.33 bits per heavy atom. The lowest BCUT2D eigenvalue weighted by Crippen LogP contribution is -2.29. The molecule has 0 spiro atoms. The van der Waals surface area contributed by atoms with Crippen molar-refractivity contribution in [3.63, 3.8) is 0 Å². The summed E-state index contributed by atoms with van der Waals surface area (Å²) >= 11 is 1.66. The maximum Gasteiger partial charge on any atom is 0.323 e. The molecule has 21 heavy (non-hydrogen) atoms. The van der Waals surface area contributed by atoms with Gasteiger partial charge in [-0.1, -0.05) is 31.5 Å². The fourth-order valence-corrected chi connectivity index (χ4v) is 2.93. The zero-order chi connectivity index (χ0) is 15.1. The molecule has 2 rings (SSSR count). The maximum atomic E-state index is 11.1. The topological polar surface area (TPSA) is 53.4 Å². The van der Waals surface area contributed by atoms with E-state index in [1.807, 2.05) is 40.6 Å². The van der Waals surface area contributed by atoms with E-state index in [-0.39, 0.29) is 6.54 Å². The lowest BCUT2D eigenvalue weighted by atomic mass is 10.2. The van der Waals surface area contributed by atoms with Crippen LogP contribution < -0.4 is 4.90 Å². The average Bonchev–Trinajstić information content (AvgIpc) is 2.92. The number of hydrogen-bond acceptors (Lipinski definition) is 4. The van der Waals surface area contributed by atoms with E-state index in [1.54, 1.807) is 11.3 Å². The van der Waals surface area contributed by atoms with Crippen LogP contribution in [0.3, 0.4) is 0 Å². The van der Waals surface area contributed by atoms with E-state index < -0.39 is 5.97 Å². The molecular formula is C16H20N2O2S. The van der Waals surface area contributed by atoms with Gasteiger partial charge in [-0.25, -0.2) is 4.98 Å². The number of para-hydroxylation sites is 1. The van der Waals surface area contributed by atoms with Gasteiger partial charge in [-0.15, -0.1) is 11.3 Å². The molecule has 1 aromatic carbocycles. The van der Waals surface area contributed by atoms with E-state index in [1.165, 1.54) is 0 Å². The van der Waals surface area contributed by atoms with E-state index >= 15 is 0 Å². The highest BCUT2D eigenvalue weighted by Crippen LogP contribution is 2.19. The zero-order valence-corrected chi connectivity index (χ0v) is 13.0. The first kappa shape index (κ1) is 15.5. The number of aromatic nitrogens is 1. The fourth-order valence-electron chi connectivity index (χ4n) is 2.10. The van der Waals surface area contributed by atoms with Crippen molar-refractivity contribution in [2.75, 3.05) is 11.4 Å². The Bertz CT molecular complexity index is 569. The predicted octanol–water partition coefficient (Wildman–Crippen LogP) is 3.58. The number of rotatable bonds is 8. The number of thiazole rings is 1. The maximum absolute atomic E-state index is 11.1. The van der Waals surface area contributed by atoms with Gasteiger partial charge in [-0.2, -0.15) is 0 Å². The molecule has 1 aromatic heterocycles. The normalized spacial score (nSPS) is 10.5. The standard InChI is InChI=1S/C16H20N2O2S/c1-2-3-9-15-17-13(12-21-15)10-18(11-16(19)20)14-7-5-4-6-8-14/h4-8,12H,2-3,9-11H2,1H3,(H,19,20). The minimum Gasteiger partial charge on any atom is -0.480 e. The van der Waals surface area contributed by atoms with Crippen LogP contribution in [0.4, 0.5) is 5.69 Å². The molecule has 4 nitrogen and oxygen atoms in total. The summed E-state index contributed by atoms with van der Waals surface area (Å²) in [5.41, 5.74) is 1.85. The Kier molecular flexibility index (Phi) is 5.75. The third-order valence-electron chi connectivity index (χ3n) is 3.14. The zero-order valence-electron chi connectivity index (χ0n) is 12.2. The molecule has 0 bridgehead atoms. The van der Waals surface area contributed by atoms with Gasteiger partial charge in [0.15, 0.2) is 0 Å². The van der Waals surface area contributed by atoms with Gasteiger partial charge in [0.25, 0.3) is 0 Å². The number of carbonyl (C=O) groups is 1. The van der Waals surface area contributed by atoms with Crippen molar-refractivity contribution < 1.29 is 9.90 Å². The fraction of sp³-hybridized carbons (Fsp3) is 0.375. The molecule has 0 radical (unpaired) electrons. The average molecular weight is 304 g/mol. The third kappa shape index (κ3) is 4.86. The number of carboxylic acids is 1. The molecule has 0 amide bonds. The van der Waals surface area contributed by atoms with Gasteiger partial charge >= 0.3 is 5.97 Å². The van der Waals surface area contributed by atoms with Crippen LogP contribution in [0.2, 0.25) is 0 Å². The first-order valence-corrected chi connectivity index (χ1v) is 8.02. The second-order valence-corrected chi connectivity index (χ2v) is 5.86. The molecule has 2 aromatic rings. The Morgan fingerprint density at radius 2 is 2.10 bits per heavy atom. The summed E-state index contributed by atoms with van der Waals surface area (Å²) in [4.78, 5) is 17.5. The number of anilines is 1. The second kappa shape index (κ2) is 7.78. The number of benzene rings is 1. The molecule has 0 saturated heterocycles. The number of aliphatic carboxylic acids is 1. The van der Waals surface area contributed by atoms with Crippen LogP contribution in [-0.4, -0.2) is 22.6 Å². The largest absolute Gasteiger partial charge is 0.480 e. The van der Waals surface area contributed by atoms with E-state index in [4.69, 9.17) is 5.11 Å². The molecule has 112 valence electrons. The van der Waals surface area contributed by atoms with Crippen LogP contribution in [0, 0.1) is 0 Å². The molecule has 0 atom stereocenters. The quantitative estimate of drug-likeness (QED) is 0.810. The van der Waals surface area contributed by atoms with Crippen LogP contribution in [-0.2, 0) is 17.8 Å². The molecule has 0 unspecified atom stereocenters. The van der Waals surface area contributed by atoms with Gasteiger partial charge in [-0.3, -0.25) is 4.79 Å². The van der Waals surface area contributed by atoms with Crippen LogP contribution in [0.5, 0.6) is 0 Å². The molecule has 1 heterocycles. The van der Waals surface area contributed by atoms with Crippen molar-refractivity contribution in [1.29, 1.82) is 0 Å². The highest BCUT2D eigenvalue weighted by Gasteiger charge is 2.13. The monoisotopic (exact) mass is 304 g/mol. The number of hydrogen-bond donors (Lipinski definition) is 1. The van der Waals surface area contributed by atoms with Gasteiger partial charge in [0.2, 0.25) is 0 Å². The van der Waals surface area contributed by atoms with Crippen LogP contribution in [0.25, 0.3) is 0 Å². The van der Waals surface area contributed by atoms with Crippen molar-refractivity contribution in [1.82, 2.24) is 4.98 Å². The summed E-state index contributed by atoms with van der Waals surface area (Å²) in [7, 11) is 0. The van der Waals surface area contributed by atoms with Crippen molar-refractivity contribution in [2.24, 2.45) is 0 Å². The second-order valence-electron chi connectivity index (χ2n) is 4.92. The molecule has 1 N–H and O–H groups in total. The van der Waals surface area contributed by atoms with Crippen molar-refractivity contribution in [2.45, 2.75) is 32.7 Å². The summed E-state index contributed by atoms with van der Waals surface area (Å²) in [6.07, 6.45) is 3.31. The summed E-state index contributed by atoms with van der Waals surface area (Å²) in [6.45, 7) is 2.67. The number of unbranched alkanes of at least 4 members (excludes halogenated alkanes) is 1. The molecule has 0 fully saturated rings. The SMILES string of the molecule is CCCCc1nc(CN(CC(=O)O)c2ccccc2)cs1. The van der Waals surface area contributed by atoms with E-state index in [2.05, 4.69) is 11.9 Å². The molecule has 0 aliphatic carbocycles. The van der Waals surface area contributed by atoms with Crippen LogP contribution >= 0.6 is 11.3 Å². The highest BCUT2D eigenvalue weighted by atomic mass is 32.1. The lowest BCUT2D eigenvalue weighted by molar-refractivity contribution is -0.135. The summed E-state index contributed by atoms with van der Waals surface area (Å²) in [5.74, 6) is -0.833. The minimum atomic E-state index is -0.833. The van der Waals surface area contributed by atoms with Crippen LogP contribution in [0.1, 0.15) is 30.5 Å². The van der Waals surface area contributed by atoms with E-state index in [0.717, 1.165) is 35.7 Å². The van der Waals surface area contributed by atoms with E-state index in [0.29, 0.717) is 6.54 Å². The molecule has 0 aliphatic heterocycles. The van der Waals surface area contributed by atoms with Crippen molar-refractivity contribution in [3.8, 4) is 0 Å². The van der Waals surface area contributed by atoms with Gasteiger partial charge in [0.05, 0.1) is 17.2 Å². The van der Waals surface area contributed by atoms with E-state index in [9.17, 15) is 4.79 Å². The number of nitrogens with zero attached hydrogens (tertiary/aromatic N) is 2. The lowest BCUT2D eigenvalue weighted by Gasteiger charge is -2.21. The van der Waals surface area contributed by atoms with Gasteiger partial charge in [-0.05, 0) is 25.0 Å². The number of aryl methyl sites for hydroxylation is 1. The number of carboxylic acid groups (broad SMARTS) is 1. The molecule has 0 saturated carbocycles. The van der Waals surface area contributed by atoms with Gasteiger partial charge in [0.1, 0.15) is 6.54 Å². The Labute approximate surface area is 129 Å². The summed E-state index contributed by atoms with van der Waals surface area (Å²) in [6, 6.07) is 9.60. The molecule has 0 aliphatic rings. The first-order valence-electron chi connectivity index (χ1n) is 7.14. The van der Waals surface area contributed by atoms with Crippen molar-refractivity contribution >= 4 is 23.0 Å². The van der Waals surface area contributed by atoms with Gasteiger partial charge in [0, 0.05) is 11.1 Å². The first-order chi connectivity index (χ1) is 10.2. The Morgan fingerprint density at radius 3 is 2.76 bits per heavy atom. The summed E-state index contributed by atoms with van der Waals surface area (Å²) < 4.78 is 0. The highest BCUT2D eigenvalue weighted by molar-refractivity contribution is 7.09. The van der Waals surface area contributed by atoms with Crippen LogP contribution in [0.15, 0.2) is 35.7 Å². The molecule has 5 heteroatoms. The summed E-state index contributed by atoms with van der Waals surface area (Å²) in [5, 5.41) is 12.3. The predicted molar refractivity (Wildman–Crippen MR) is 85.9 cm³/mol. The minimum absolute atomic E-state index is 0.0220. The Hall–Kier alpha value is -1.88. The third-order valence-corrected chi connectivity index (χ3v) is 4.10. The Balaban J connectivity index is 2.08.